The number of hydrogen-bond acceptors (Lipinski definition) is 5. The number of morpholine rings is 1. The number of amides is 2. The number of carbonyl (C=O) groups excluding carboxylic acids is 2. The first kappa shape index (κ1) is 25.2. The first-order valence-electron chi connectivity index (χ1n) is 11.0. The van der Waals surface area contributed by atoms with Gasteiger partial charge in [-0.1, -0.05) is 50.1 Å². The number of benzene rings is 3. The summed E-state index contributed by atoms with van der Waals surface area (Å²) >= 11 is 6.92. The standard InChI is InChI=1S/C26H24Br2N2O5/c1-33-23-14-17(6-11-22(23)35-16-25(31)29-19-9-7-18(27)8-10-19)26(32)30-12-13-34-24(15-30)20-4-2-3-5-21(20)28/h2-11,14,24H,12-13,15-16H2,1H3,(H,29,31). The second-order valence-corrected chi connectivity index (χ2v) is 9.61. The van der Waals surface area contributed by atoms with Gasteiger partial charge in [-0.3, -0.25) is 9.59 Å². The SMILES string of the molecule is COc1cc(C(=O)N2CCOC(c3ccccc3Br)C2)ccc1OCC(=O)Nc1ccc(Br)cc1. The monoisotopic (exact) mass is 602 g/mol. The van der Waals surface area contributed by atoms with E-state index in [0.29, 0.717) is 42.4 Å². The molecule has 0 spiro atoms. The van der Waals surface area contributed by atoms with Gasteiger partial charge in [0, 0.05) is 26.7 Å². The second kappa shape index (κ2) is 11.7. The lowest BCUT2D eigenvalue weighted by molar-refractivity contribution is -0.118. The van der Waals surface area contributed by atoms with Crippen LogP contribution in [0.3, 0.4) is 0 Å². The molecular weight excluding hydrogens is 580 g/mol. The van der Waals surface area contributed by atoms with Crippen LogP contribution in [0, 0.1) is 0 Å². The molecular formula is C26H24Br2N2O5. The maximum atomic E-state index is 13.2. The van der Waals surface area contributed by atoms with Crippen LogP contribution in [0.1, 0.15) is 22.0 Å². The molecule has 0 saturated carbocycles. The molecule has 4 rings (SSSR count). The number of ether oxygens (including phenoxy) is 3. The summed E-state index contributed by atoms with van der Waals surface area (Å²) in [6, 6.07) is 20.0. The van der Waals surface area contributed by atoms with E-state index in [1.54, 1.807) is 35.2 Å². The Hall–Kier alpha value is -2.88. The molecule has 1 atom stereocenters. The summed E-state index contributed by atoms with van der Waals surface area (Å²) in [5.74, 6) is 0.329. The Morgan fingerprint density at radius 3 is 2.57 bits per heavy atom. The lowest BCUT2D eigenvalue weighted by atomic mass is 10.1. The van der Waals surface area contributed by atoms with E-state index >= 15 is 0 Å². The molecule has 0 aliphatic carbocycles. The molecule has 1 saturated heterocycles. The minimum Gasteiger partial charge on any atom is -0.493 e. The van der Waals surface area contributed by atoms with Crippen molar-refractivity contribution in [1.29, 1.82) is 0 Å². The predicted octanol–water partition coefficient (Wildman–Crippen LogP) is 5.45. The Balaban J connectivity index is 1.39. The fourth-order valence-electron chi connectivity index (χ4n) is 3.73. The van der Waals surface area contributed by atoms with Gasteiger partial charge >= 0.3 is 0 Å². The number of halogens is 2. The Kier molecular flexibility index (Phi) is 8.43. The summed E-state index contributed by atoms with van der Waals surface area (Å²) in [5, 5.41) is 2.77. The van der Waals surface area contributed by atoms with Gasteiger partial charge < -0.3 is 24.4 Å². The summed E-state index contributed by atoms with van der Waals surface area (Å²) in [6.07, 6.45) is -0.211. The van der Waals surface area contributed by atoms with Crippen LogP contribution in [0.15, 0.2) is 75.7 Å². The fourth-order valence-corrected chi connectivity index (χ4v) is 4.54. The number of rotatable bonds is 7. The number of anilines is 1. The average molecular weight is 604 g/mol. The van der Waals surface area contributed by atoms with Gasteiger partial charge in [0.1, 0.15) is 6.10 Å². The highest BCUT2D eigenvalue weighted by Crippen LogP contribution is 2.31. The molecule has 9 heteroatoms. The normalized spacial score (nSPS) is 15.4. The number of carbonyl (C=O) groups is 2. The third-order valence-corrected chi connectivity index (χ3v) is 6.75. The van der Waals surface area contributed by atoms with Crippen LogP contribution in [0.5, 0.6) is 11.5 Å². The lowest BCUT2D eigenvalue weighted by Crippen LogP contribution is -2.42. The summed E-state index contributed by atoms with van der Waals surface area (Å²) in [5.41, 5.74) is 2.15. The first-order valence-corrected chi connectivity index (χ1v) is 12.5. The maximum Gasteiger partial charge on any atom is 0.262 e. The zero-order chi connectivity index (χ0) is 24.8. The van der Waals surface area contributed by atoms with Gasteiger partial charge in [-0.15, -0.1) is 0 Å². The molecule has 3 aromatic rings. The van der Waals surface area contributed by atoms with E-state index in [2.05, 4.69) is 37.2 Å². The van der Waals surface area contributed by atoms with E-state index in [0.717, 1.165) is 14.5 Å². The van der Waals surface area contributed by atoms with Crippen molar-refractivity contribution < 1.29 is 23.8 Å². The molecule has 1 heterocycles. The molecule has 1 N–H and O–H groups in total. The number of methoxy groups -OCH3 is 1. The summed E-state index contributed by atoms with van der Waals surface area (Å²) in [4.78, 5) is 27.3. The van der Waals surface area contributed by atoms with Crippen molar-refractivity contribution in [1.82, 2.24) is 4.90 Å². The second-order valence-electron chi connectivity index (χ2n) is 7.84. The average Bonchev–Trinajstić information content (AvgIpc) is 2.88. The summed E-state index contributed by atoms with van der Waals surface area (Å²) in [7, 11) is 1.50. The van der Waals surface area contributed by atoms with E-state index in [1.807, 2.05) is 36.4 Å². The Bertz CT molecular complexity index is 1200. The zero-order valence-electron chi connectivity index (χ0n) is 19.0. The van der Waals surface area contributed by atoms with Crippen molar-refractivity contribution in [2.24, 2.45) is 0 Å². The topological polar surface area (TPSA) is 77.1 Å². The van der Waals surface area contributed by atoms with Crippen LogP contribution in [0.25, 0.3) is 0 Å². The van der Waals surface area contributed by atoms with Crippen LogP contribution in [-0.4, -0.2) is 50.1 Å². The van der Waals surface area contributed by atoms with Gasteiger partial charge in [0.05, 0.1) is 20.3 Å². The third-order valence-electron chi connectivity index (χ3n) is 5.50. The maximum absolute atomic E-state index is 13.2. The van der Waals surface area contributed by atoms with Crippen LogP contribution >= 0.6 is 31.9 Å². The molecule has 2 amide bonds. The third kappa shape index (κ3) is 6.42. The Morgan fingerprint density at radius 1 is 1.06 bits per heavy atom. The van der Waals surface area contributed by atoms with Gasteiger partial charge in [0.25, 0.3) is 11.8 Å². The van der Waals surface area contributed by atoms with E-state index in [1.165, 1.54) is 7.11 Å². The van der Waals surface area contributed by atoms with E-state index in [-0.39, 0.29) is 24.5 Å². The molecule has 182 valence electrons. The number of nitrogens with zero attached hydrogens (tertiary/aromatic N) is 1. The van der Waals surface area contributed by atoms with Gasteiger partial charge in [-0.2, -0.15) is 0 Å². The molecule has 1 aliphatic heterocycles. The van der Waals surface area contributed by atoms with Crippen molar-refractivity contribution in [2.75, 3.05) is 38.7 Å². The smallest absolute Gasteiger partial charge is 0.262 e. The van der Waals surface area contributed by atoms with Crippen molar-refractivity contribution in [3.63, 3.8) is 0 Å². The van der Waals surface area contributed by atoms with Gasteiger partial charge in [-0.05, 0) is 54.1 Å². The van der Waals surface area contributed by atoms with Gasteiger partial charge in [0.2, 0.25) is 0 Å². The number of hydrogen-bond donors (Lipinski definition) is 1. The molecule has 7 nitrogen and oxygen atoms in total. The van der Waals surface area contributed by atoms with E-state index in [4.69, 9.17) is 14.2 Å². The van der Waals surface area contributed by atoms with Crippen LogP contribution < -0.4 is 14.8 Å². The minimum absolute atomic E-state index is 0.122. The summed E-state index contributed by atoms with van der Waals surface area (Å²) < 4.78 is 18.9. The minimum atomic E-state index is -0.305. The van der Waals surface area contributed by atoms with Gasteiger partial charge in [0.15, 0.2) is 18.1 Å². The quantitative estimate of drug-likeness (QED) is 0.389. The number of nitrogens with one attached hydrogen (secondary N) is 1. The summed E-state index contributed by atoms with van der Waals surface area (Å²) in [6.45, 7) is 1.19. The molecule has 1 aliphatic rings. The Morgan fingerprint density at radius 2 is 1.83 bits per heavy atom. The largest absolute Gasteiger partial charge is 0.493 e. The van der Waals surface area contributed by atoms with Crippen LogP contribution in [-0.2, 0) is 9.53 Å². The Labute approximate surface area is 220 Å². The van der Waals surface area contributed by atoms with Crippen molar-refractivity contribution in [3.8, 4) is 11.5 Å². The highest BCUT2D eigenvalue weighted by molar-refractivity contribution is 9.10. The fraction of sp³-hybridized carbons (Fsp3) is 0.231. The van der Waals surface area contributed by atoms with E-state index in [9.17, 15) is 9.59 Å². The molecule has 0 aromatic heterocycles. The van der Waals surface area contributed by atoms with E-state index < -0.39 is 0 Å². The molecule has 3 aromatic carbocycles. The highest BCUT2D eigenvalue weighted by atomic mass is 79.9. The van der Waals surface area contributed by atoms with Crippen molar-refractivity contribution in [3.05, 3.63) is 86.8 Å². The molecule has 1 fully saturated rings. The molecule has 0 radical (unpaired) electrons. The molecule has 0 bridgehead atoms. The van der Waals surface area contributed by atoms with Crippen LogP contribution in [0.2, 0.25) is 0 Å². The first-order chi connectivity index (χ1) is 16.9. The predicted molar refractivity (Wildman–Crippen MR) is 140 cm³/mol. The molecule has 1 unspecified atom stereocenters. The van der Waals surface area contributed by atoms with Crippen molar-refractivity contribution in [2.45, 2.75) is 6.10 Å². The van der Waals surface area contributed by atoms with Gasteiger partial charge in [-0.25, -0.2) is 0 Å². The zero-order valence-corrected chi connectivity index (χ0v) is 22.2. The van der Waals surface area contributed by atoms with Crippen LogP contribution in [0.4, 0.5) is 5.69 Å². The molecule has 35 heavy (non-hydrogen) atoms. The lowest BCUT2D eigenvalue weighted by Gasteiger charge is -2.33. The van der Waals surface area contributed by atoms with Crippen molar-refractivity contribution >= 4 is 49.4 Å². The highest BCUT2D eigenvalue weighted by Gasteiger charge is 2.27.